The Bertz CT molecular complexity index is 833. The normalized spacial score (nSPS) is 17.9. The molecule has 0 saturated carbocycles. The summed E-state index contributed by atoms with van der Waals surface area (Å²) in [6.45, 7) is 2.30. The third-order valence-corrected chi connectivity index (χ3v) is 4.50. The van der Waals surface area contributed by atoms with E-state index in [4.69, 9.17) is 14.2 Å². The van der Waals surface area contributed by atoms with Gasteiger partial charge in [-0.15, -0.1) is 0 Å². The van der Waals surface area contributed by atoms with Crippen LogP contribution in [0.1, 0.15) is 11.7 Å². The quantitative estimate of drug-likeness (QED) is 0.697. The minimum Gasteiger partial charge on any atom is -0.479 e. The van der Waals surface area contributed by atoms with Crippen LogP contribution in [0.3, 0.4) is 0 Å². The summed E-state index contributed by atoms with van der Waals surface area (Å²) in [7, 11) is 0. The van der Waals surface area contributed by atoms with Gasteiger partial charge in [-0.2, -0.15) is 0 Å². The van der Waals surface area contributed by atoms with Crippen molar-refractivity contribution in [1.82, 2.24) is 5.32 Å². The number of nitrogens with one attached hydrogen (secondary N) is 1. The molecular weight excluding hydrogens is 338 g/mol. The highest BCUT2D eigenvalue weighted by Crippen LogP contribution is 2.36. The molecule has 1 aliphatic heterocycles. The third kappa shape index (κ3) is 4.48. The SMILES string of the molecule is c1ccc(Oc2ccccc2O[C@@H](c2ccccc2)C2CNCCO2)cc1. The molecule has 1 fully saturated rings. The number of rotatable bonds is 6. The maximum Gasteiger partial charge on any atom is 0.169 e. The maximum absolute atomic E-state index is 6.45. The second kappa shape index (κ2) is 8.71. The van der Waals surface area contributed by atoms with E-state index >= 15 is 0 Å². The Hall–Kier alpha value is -2.82. The number of hydrogen-bond donors (Lipinski definition) is 1. The Kier molecular flexibility index (Phi) is 5.67. The van der Waals surface area contributed by atoms with Crippen molar-refractivity contribution in [2.24, 2.45) is 0 Å². The van der Waals surface area contributed by atoms with Crippen LogP contribution in [0, 0.1) is 0 Å². The molecule has 1 unspecified atom stereocenters. The fourth-order valence-electron chi connectivity index (χ4n) is 3.17. The smallest absolute Gasteiger partial charge is 0.169 e. The molecule has 0 spiro atoms. The van der Waals surface area contributed by atoms with Crippen molar-refractivity contribution in [3.05, 3.63) is 90.5 Å². The van der Waals surface area contributed by atoms with Gasteiger partial charge in [0.05, 0.1) is 6.61 Å². The molecule has 138 valence electrons. The van der Waals surface area contributed by atoms with Crippen molar-refractivity contribution in [1.29, 1.82) is 0 Å². The van der Waals surface area contributed by atoms with Gasteiger partial charge < -0.3 is 19.5 Å². The molecule has 0 bridgehead atoms. The molecule has 4 nitrogen and oxygen atoms in total. The van der Waals surface area contributed by atoms with Gasteiger partial charge in [-0.3, -0.25) is 0 Å². The average Bonchev–Trinajstić information content (AvgIpc) is 2.75. The Morgan fingerprint density at radius 2 is 1.48 bits per heavy atom. The lowest BCUT2D eigenvalue weighted by molar-refractivity contribution is -0.0437. The Morgan fingerprint density at radius 1 is 0.815 bits per heavy atom. The van der Waals surface area contributed by atoms with Crippen LogP contribution in [-0.2, 0) is 4.74 Å². The van der Waals surface area contributed by atoms with E-state index in [-0.39, 0.29) is 12.2 Å². The first-order chi connectivity index (χ1) is 13.4. The summed E-state index contributed by atoms with van der Waals surface area (Å²) < 4.78 is 18.5. The molecule has 1 saturated heterocycles. The van der Waals surface area contributed by atoms with E-state index in [0.29, 0.717) is 18.1 Å². The van der Waals surface area contributed by atoms with Crippen LogP contribution in [0.15, 0.2) is 84.9 Å². The van der Waals surface area contributed by atoms with E-state index in [1.807, 2.05) is 72.8 Å². The van der Waals surface area contributed by atoms with Crippen molar-refractivity contribution in [2.45, 2.75) is 12.2 Å². The summed E-state index contributed by atoms with van der Waals surface area (Å²) in [4.78, 5) is 0. The van der Waals surface area contributed by atoms with E-state index in [1.54, 1.807) is 0 Å². The van der Waals surface area contributed by atoms with Crippen molar-refractivity contribution in [3.63, 3.8) is 0 Å². The lowest BCUT2D eigenvalue weighted by Gasteiger charge is -2.32. The first kappa shape index (κ1) is 17.6. The summed E-state index contributed by atoms with van der Waals surface area (Å²) in [6.07, 6.45) is -0.287. The first-order valence-corrected chi connectivity index (χ1v) is 9.26. The zero-order valence-corrected chi connectivity index (χ0v) is 15.1. The van der Waals surface area contributed by atoms with E-state index in [0.717, 1.165) is 24.4 Å². The summed E-state index contributed by atoms with van der Waals surface area (Å²) in [5.41, 5.74) is 1.08. The summed E-state index contributed by atoms with van der Waals surface area (Å²) in [6, 6.07) is 27.7. The highest BCUT2D eigenvalue weighted by Gasteiger charge is 2.28. The fourth-order valence-corrected chi connectivity index (χ4v) is 3.17. The fraction of sp³-hybridized carbons (Fsp3) is 0.217. The summed E-state index contributed by atoms with van der Waals surface area (Å²) >= 11 is 0. The zero-order chi connectivity index (χ0) is 18.3. The minimum absolute atomic E-state index is 0.0640. The lowest BCUT2D eigenvalue weighted by Crippen LogP contribution is -2.43. The van der Waals surface area contributed by atoms with Gasteiger partial charge in [0.25, 0.3) is 0 Å². The van der Waals surface area contributed by atoms with E-state index < -0.39 is 0 Å². The summed E-state index contributed by atoms with van der Waals surface area (Å²) in [5, 5.41) is 3.39. The van der Waals surface area contributed by atoms with E-state index in [9.17, 15) is 0 Å². The Labute approximate surface area is 159 Å². The van der Waals surface area contributed by atoms with Crippen LogP contribution >= 0.6 is 0 Å². The van der Waals surface area contributed by atoms with Crippen molar-refractivity contribution >= 4 is 0 Å². The third-order valence-electron chi connectivity index (χ3n) is 4.50. The van der Waals surface area contributed by atoms with Crippen LogP contribution in [0.2, 0.25) is 0 Å². The van der Waals surface area contributed by atoms with Gasteiger partial charge in [-0.25, -0.2) is 0 Å². The molecule has 1 aliphatic rings. The minimum atomic E-state index is -0.223. The molecule has 0 aliphatic carbocycles. The largest absolute Gasteiger partial charge is 0.479 e. The van der Waals surface area contributed by atoms with E-state index in [2.05, 4.69) is 17.4 Å². The molecule has 4 rings (SSSR count). The van der Waals surface area contributed by atoms with Crippen LogP contribution in [0.4, 0.5) is 0 Å². The van der Waals surface area contributed by atoms with Gasteiger partial charge in [0.2, 0.25) is 0 Å². The molecule has 1 heterocycles. The molecule has 3 aromatic carbocycles. The lowest BCUT2D eigenvalue weighted by atomic mass is 10.0. The van der Waals surface area contributed by atoms with Crippen molar-refractivity contribution < 1.29 is 14.2 Å². The van der Waals surface area contributed by atoms with Gasteiger partial charge in [0, 0.05) is 13.1 Å². The predicted molar refractivity (Wildman–Crippen MR) is 105 cm³/mol. The van der Waals surface area contributed by atoms with Crippen LogP contribution in [-0.4, -0.2) is 25.8 Å². The number of morpholine rings is 1. The van der Waals surface area contributed by atoms with Crippen LogP contribution in [0.5, 0.6) is 17.2 Å². The van der Waals surface area contributed by atoms with Crippen LogP contribution < -0.4 is 14.8 Å². The number of para-hydroxylation sites is 3. The van der Waals surface area contributed by atoms with E-state index in [1.165, 1.54) is 0 Å². The Balaban J connectivity index is 1.61. The monoisotopic (exact) mass is 361 g/mol. The molecular formula is C23H23NO3. The predicted octanol–water partition coefficient (Wildman–Crippen LogP) is 4.59. The van der Waals surface area contributed by atoms with Gasteiger partial charge in [0.15, 0.2) is 17.6 Å². The molecule has 2 atom stereocenters. The number of ether oxygens (including phenoxy) is 3. The second-order valence-electron chi connectivity index (χ2n) is 6.42. The molecule has 0 aromatic heterocycles. The van der Waals surface area contributed by atoms with Crippen molar-refractivity contribution in [2.75, 3.05) is 19.7 Å². The standard InChI is InChI=1S/C23H23NO3/c1-3-9-18(10-4-1)23(22-17-24-15-16-25-22)27-21-14-8-7-13-20(21)26-19-11-5-2-6-12-19/h1-14,22-24H,15-17H2/t22?,23-/m0/s1. The van der Waals surface area contributed by atoms with Gasteiger partial charge in [0.1, 0.15) is 11.9 Å². The number of benzene rings is 3. The Morgan fingerprint density at radius 3 is 2.19 bits per heavy atom. The molecule has 3 aromatic rings. The van der Waals surface area contributed by atoms with Gasteiger partial charge in [-0.05, 0) is 29.8 Å². The van der Waals surface area contributed by atoms with Gasteiger partial charge in [-0.1, -0.05) is 60.7 Å². The zero-order valence-electron chi connectivity index (χ0n) is 15.1. The maximum atomic E-state index is 6.45. The topological polar surface area (TPSA) is 39.7 Å². The molecule has 0 radical (unpaired) electrons. The molecule has 4 heteroatoms. The molecule has 0 amide bonds. The van der Waals surface area contributed by atoms with Crippen LogP contribution in [0.25, 0.3) is 0 Å². The summed E-state index contributed by atoms with van der Waals surface area (Å²) in [5.74, 6) is 2.16. The highest BCUT2D eigenvalue weighted by molar-refractivity contribution is 5.43. The first-order valence-electron chi connectivity index (χ1n) is 9.26. The average molecular weight is 361 g/mol. The van der Waals surface area contributed by atoms with Crippen molar-refractivity contribution in [3.8, 4) is 17.2 Å². The molecule has 27 heavy (non-hydrogen) atoms. The van der Waals surface area contributed by atoms with Gasteiger partial charge >= 0.3 is 0 Å². The second-order valence-corrected chi connectivity index (χ2v) is 6.42. The molecule has 1 N–H and O–H groups in total. The number of hydrogen-bond acceptors (Lipinski definition) is 4. The highest BCUT2D eigenvalue weighted by atomic mass is 16.6.